The molecule has 1 nitrogen and oxygen atoms in total. The molecule has 0 radical (unpaired) electrons. The van der Waals surface area contributed by atoms with E-state index in [-0.39, 0.29) is 0 Å². The molecule has 0 rings (SSSR count). The molecule has 0 aromatic heterocycles. The Morgan fingerprint density at radius 3 is 2.00 bits per heavy atom. The molecule has 0 saturated carbocycles. The first-order valence-corrected chi connectivity index (χ1v) is 5.25. The first-order chi connectivity index (χ1) is 5.52. The van der Waals surface area contributed by atoms with Gasteiger partial charge in [-0.15, -0.1) is 0 Å². The van der Waals surface area contributed by atoms with Gasteiger partial charge in [-0.3, -0.25) is 0 Å². The van der Waals surface area contributed by atoms with Crippen LogP contribution in [0.25, 0.3) is 0 Å². The Hall–Kier alpha value is -0.0400. The van der Waals surface area contributed by atoms with Crippen LogP contribution in [-0.4, -0.2) is 12.6 Å². The Kier molecular flexibility index (Phi) is 6.45. The Morgan fingerprint density at radius 2 is 1.58 bits per heavy atom. The van der Waals surface area contributed by atoms with Crippen molar-refractivity contribution in [2.45, 2.75) is 53.5 Å². The molecule has 0 fully saturated rings. The lowest BCUT2D eigenvalue weighted by Gasteiger charge is -2.15. The van der Waals surface area contributed by atoms with Crippen molar-refractivity contribution >= 4 is 0 Å². The van der Waals surface area contributed by atoms with Crippen LogP contribution < -0.4 is 5.32 Å². The molecule has 0 aromatic rings. The molecule has 0 spiro atoms. The lowest BCUT2D eigenvalue weighted by molar-refractivity contribution is 0.399. The van der Waals surface area contributed by atoms with Crippen molar-refractivity contribution in [1.82, 2.24) is 5.32 Å². The highest BCUT2D eigenvalue weighted by Gasteiger charge is 2.04. The monoisotopic (exact) mass is 171 g/mol. The molecule has 0 amide bonds. The molecule has 0 saturated heterocycles. The zero-order valence-corrected chi connectivity index (χ0v) is 9.35. The second-order valence-electron chi connectivity index (χ2n) is 4.63. The van der Waals surface area contributed by atoms with Crippen LogP contribution in [0.3, 0.4) is 0 Å². The van der Waals surface area contributed by atoms with Crippen molar-refractivity contribution in [3.05, 3.63) is 0 Å². The highest BCUT2D eigenvalue weighted by Crippen LogP contribution is 2.13. The predicted molar refractivity (Wildman–Crippen MR) is 56.4 cm³/mol. The lowest BCUT2D eigenvalue weighted by Crippen LogP contribution is -2.25. The third-order valence-corrected chi connectivity index (χ3v) is 2.06. The number of hydrogen-bond acceptors (Lipinski definition) is 1. The molecule has 0 aliphatic carbocycles. The lowest BCUT2D eigenvalue weighted by atomic mass is 9.96. The summed E-state index contributed by atoms with van der Waals surface area (Å²) in [5.74, 6) is 1.72. The maximum Gasteiger partial charge on any atom is 0.00103 e. The summed E-state index contributed by atoms with van der Waals surface area (Å²) in [4.78, 5) is 0. The van der Waals surface area contributed by atoms with Crippen molar-refractivity contribution in [3.8, 4) is 0 Å². The van der Waals surface area contributed by atoms with Crippen molar-refractivity contribution in [2.24, 2.45) is 11.8 Å². The summed E-state index contributed by atoms with van der Waals surface area (Å²) in [7, 11) is 0. The van der Waals surface area contributed by atoms with Gasteiger partial charge in [0.1, 0.15) is 0 Å². The van der Waals surface area contributed by atoms with E-state index in [4.69, 9.17) is 0 Å². The number of rotatable bonds is 6. The van der Waals surface area contributed by atoms with Gasteiger partial charge < -0.3 is 5.32 Å². The average Bonchev–Trinajstić information content (AvgIpc) is 1.84. The molecule has 0 aliphatic heterocycles. The van der Waals surface area contributed by atoms with Crippen LogP contribution >= 0.6 is 0 Å². The second kappa shape index (κ2) is 6.47. The average molecular weight is 171 g/mol. The Labute approximate surface area is 77.9 Å². The smallest absolute Gasteiger partial charge is 0.00103 e. The Bertz CT molecular complexity index is 97.2. The molecule has 1 heteroatoms. The van der Waals surface area contributed by atoms with Crippen molar-refractivity contribution < 1.29 is 0 Å². The van der Waals surface area contributed by atoms with Gasteiger partial charge in [0.15, 0.2) is 0 Å². The Balaban J connectivity index is 3.25. The van der Waals surface area contributed by atoms with Crippen molar-refractivity contribution in [1.29, 1.82) is 0 Å². The quantitative estimate of drug-likeness (QED) is 0.647. The summed E-state index contributed by atoms with van der Waals surface area (Å²) in [5, 5.41) is 3.45. The van der Waals surface area contributed by atoms with Gasteiger partial charge in [-0.05, 0) is 31.2 Å². The minimum absolute atomic E-state index is 0.635. The normalized spacial score (nSPS) is 14.2. The molecule has 12 heavy (non-hydrogen) atoms. The zero-order valence-electron chi connectivity index (χ0n) is 9.35. The van der Waals surface area contributed by atoms with E-state index < -0.39 is 0 Å². The minimum Gasteiger partial charge on any atom is -0.315 e. The van der Waals surface area contributed by atoms with Crippen LogP contribution in [0.1, 0.15) is 47.5 Å². The zero-order chi connectivity index (χ0) is 9.56. The summed E-state index contributed by atoms with van der Waals surface area (Å²) in [6, 6.07) is 0.635. The van der Waals surface area contributed by atoms with Crippen LogP contribution in [0.2, 0.25) is 0 Å². The molecule has 1 atom stereocenters. The predicted octanol–water partition coefficient (Wildman–Crippen LogP) is 3.06. The first kappa shape index (κ1) is 12.0. The van der Waals surface area contributed by atoms with E-state index >= 15 is 0 Å². The molecule has 1 unspecified atom stereocenters. The Morgan fingerprint density at radius 1 is 1.00 bits per heavy atom. The van der Waals surface area contributed by atoms with Crippen LogP contribution in [0, 0.1) is 11.8 Å². The molecular weight excluding hydrogens is 146 g/mol. The largest absolute Gasteiger partial charge is 0.315 e. The summed E-state index contributed by atoms with van der Waals surface area (Å²) in [5.41, 5.74) is 0. The molecular formula is C11H25N. The van der Waals surface area contributed by atoms with E-state index in [1.54, 1.807) is 0 Å². The molecule has 0 aromatic carbocycles. The third kappa shape index (κ3) is 8.06. The standard InChI is InChI=1S/C11H25N/c1-9(2)8-11(5)6-7-12-10(3)4/h9-12H,6-8H2,1-5H3. The maximum absolute atomic E-state index is 3.45. The summed E-state index contributed by atoms with van der Waals surface area (Å²) >= 11 is 0. The van der Waals surface area contributed by atoms with Crippen LogP contribution in [0.5, 0.6) is 0 Å². The van der Waals surface area contributed by atoms with Gasteiger partial charge in [-0.2, -0.15) is 0 Å². The fourth-order valence-electron chi connectivity index (χ4n) is 1.54. The van der Waals surface area contributed by atoms with Gasteiger partial charge in [-0.25, -0.2) is 0 Å². The fraction of sp³-hybridized carbons (Fsp3) is 1.00. The molecule has 0 heterocycles. The van der Waals surface area contributed by atoms with E-state index in [1.165, 1.54) is 19.4 Å². The van der Waals surface area contributed by atoms with Crippen molar-refractivity contribution in [3.63, 3.8) is 0 Å². The van der Waals surface area contributed by atoms with Gasteiger partial charge in [0.05, 0.1) is 0 Å². The van der Waals surface area contributed by atoms with Gasteiger partial charge >= 0.3 is 0 Å². The molecule has 74 valence electrons. The summed E-state index contributed by atoms with van der Waals surface area (Å²) in [6.45, 7) is 12.5. The fourth-order valence-corrected chi connectivity index (χ4v) is 1.54. The SMILES string of the molecule is CC(C)CC(C)CCNC(C)C. The highest BCUT2D eigenvalue weighted by atomic mass is 14.9. The van der Waals surface area contributed by atoms with Crippen molar-refractivity contribution in [2.75, 3.05) is 6.54 Å². The second-order valence-corrected chi connectivity index (χ2v) is 4.63. The molecule has 1 N–H and O–H groups in total. The minimum atomic E-state index is 0.635. The molecule has 0 bridgehead atoms. The number of hydrogen-bond donors (Lipinski definition) is 1. The van der Waals surface area contributed by atoms with Gasteiger partial charge in [-0.1, -0.05) is 34.6 Å². The van der Waals surface area contributed by atoms with Crippen LogP contribution in [0.4, 0.5) is 0 Å². The highest BCUT2D eigenvalue weighted by molar-refractivity contribution is 4.59. The topological polar surface area (TPSA) is 12.0 Å². The summed E-state index contributed by atoms with van der Waals surface area (Å²) in [6.07, 6.45) is 2.68. The number of nitrogens with one attached hydrogen (secondary N) is 1. The van der Waals surface area contributed by atoms with E-state index in [1.807, 2.05) is 0 Å². The first-order valence-electron chi connectivity index (χ1n) is 5.25. The van der Waals surface area contributed by atoms with E-state index in [9.17, 15) is 0 Å². The van der Waals surface area contributed by atoms with E-state index in [0.717, 1.165) is 11.8 Å². The van der Waals surface area contributed by atoms with E-state index in [0.29, 0.717) is 6.04 Å². The van der Waals surface area contributed by atoms with Gasteiger partial charge in [0, 0.05) is 6.04 Å². The summed E-state index contributed by atoms with van der Waals surface area (Å²) < 4.78 is 0. The van der Waals surface area contributed by atoms with Crippen LogP contribution in [0.15, 0.2) is 0 Å². The van der Waals surface area contributed by atoms with Gasteiger partial charge in [0.25, 0.3) is 0 Å². The van der Waals surface area contributed by atoms with Crippen LogP contribution in [-0.2, 0) is 0 Å². The van der Waals surface area contributed by atoms with E-state index in [2.05, 4.69) is 39.9 Å². The maximum atomic E-state index is 3.45. The van der Waals surface area contributed by atoms with Gasteiger partial charge in [0.2, 0.25) is 0 Å². The molecule has 0 aliphatic rings. The third-order valence-electron chi connectivity index (χ3n) is 2.06.